The third kappa shape index (κ3) is 1.78. The molecule has 0 saturated carbocycles. The second-order valence-corrected chi connectivity index (χ2v) is 2.16. The molecule has 0 unspecified atom stereocenters. The quantitative estimate of drug-likeness (QED) is 0.445. The van der Waals surface area contributed by atoms with Crippen LogP contribution in [0.15, 0.2) is 12.3 Å². The van der Waals surface area contributed by atoms with Crippen molar-refractivity contribution in [1.29, 1.82) is 0 Å². The van der Waals surface area contributed by atoms with Crippen LogP contribution in [-0.4, -0.2) is 20.9 Å². The number of carbonyl (C=O) groups excluding carboxylic acids is 1. The van der Waals surface area contributed by atoms with Crippen LogP contribution in [0.1, 0.15) is 5.69 Å². The zero-order valence-electron chi connectivity index (χ0n) is 6.11. The van der Waals surface area contributed by atoms with Crippen molar-refractivity contribution in [1.82, 2.24) is 15.3 Å². The van der Waals surface area contributed by atoms with Crippen LogP contribution < -0.4 is 5.48 Å². The van der Waals surface area contributed by atoms with Crippen LogP contribution >= 0.6 is 0 Å². The van der Waals surface area contributed by atoms with Gasteiger partial charge in [-0.2, -0.15) is 5.10 Å². The monoisotopic (exact) mass is 155 g/mol. The first kappa shape index (κ1) is 7.74. The van der Waals surface area contributed by atoms with Crippen molar-refractivity contribution < 1.29 is 10.0 Å². The van der Waals surface area contributed by atoms with Crippen molar-refractivity contribution in [3.63, 3.8) is 0 Å². The SMILES string of the molecule is Cn1nccc1CC(=O)NO. The van der Waals surface area contributed by atoms with E-state index in [2.05, 4.69) is 5.10 Å². The summed E-state index contributed by atoms with van der Waals surface area (Å²) in [6.07, 6.45) is 1.74. The van der Waals surface area contributed by atoms with Crippen molar-refractivity contribution in [3.05, 3.63) is 18.0 Å². The van der Waals surface area contributed by atoms with E-state index in [1.165, 1.54) is 0 Å². The van der Waals surface area contributed by atoms with Gasteiger partial charge >= 0.3 is 0 Å². The van der Waals surface area contributed by atoms with E-state index in [0.29, 0.717) is 0 Å². The highest BCUT2D eigenvalue weighted by Gasteiger charge is 2.03. The summed E-state index contributed by atoms with van der Waals surface area (Å²) in [5.74, 6) is -0.436. The maximum absolute atomic E-state index is 10.6. The highest BCUT2D eigenvalue weighted by atomic mass is 16.5. The standard InChI is InChI=1S/C6H9N3O2/c1-9-5(2-3-7-9)4-6(10)8-11/h2-3,11H,4H2,1H3,(H,8,10). The normalized spacial score (nSPS) is 9.64. The molecule has 1 aromatic rings. The summed E-state index contributed by atoms with van der Waals surface area (Å²) in [5.41, 5.74) is 2.31. The first-order valence-corrected chi connectivity index (χ1v) is 3.14. The highest BCUT2D eigenvalue weighted by molar-refractivity contribution is 5.76. The van der Waals surface area contributed by atoms with Crippen molar-refractivity contribution in [2.75, 3.05) is 0 Å². The zero-order valence-corrected chi connectivity index (χ0v) is 6.11. The lowest BCUT2D eigenvalue weighted by Crippen LogP contribution is -2.21. The molecule has 0 saturated heterocycles. The number of hydrogen-bond acceptors (Lipinski definition) is 3. The first-order chi connectivity index (χ1) is 5.24. The summed E-state index contributed by atoms with van der Waals surface area (Å²) < 4.78 is 1.58. The average molecular weight is 155 g/mol. The summed E-state index contributed by atoms with van der Waals surface area (Å²) in [5, 5.41) is 12.1. The topological polar surface area (TPSA) is 67.2 Å². The summed E-state index contributed by atoms with van der Waals surface area (Å²) in [6, 6.07) is 1.72. The lowest BCUT2D eigenvalue weighted by molar-refractivity contribution is -0.128. The van der Waals surface area contributed by atoms with Crippen LogP contribution in [0.2, 0.25) is 0 Å². The first-order valence-electron chi connectivity index (χ1n) is 3.14. The molecular formula is C6H9N3O2. The van der Waals surface area contributed by atoms with Gasteiger partial charge in [0, 0.05) is 18.9 Å². The number of aryl methyl sites for hydroxylation is 1. The Labute approximate surface area is 63.6 Å². The molecule has 0 aliphatic carbocycles. The number of amides is 1. The molecule has 0 fully saturated rings. The van der Waals surface area contributed by atoms with Gasteiger partial charge in [0.25, 0.3) is 0 Å². The van der Waals surface area contributed by atoms with Crippen molar-refractivity contribution in [2.45, 2.75) is 6.42 Å². The van der Waals surface area contributed by atoms with Crippen molar-refractivity contribution in [3.8, 4) is 0 Å². The number of hydroxylamine groups is 1. The molecule has 0 radical (unpaired) electrons. The predicted molar refractivity (Wildman–Crippen MR) is 36.8 cm³/mol. The van der Waals surface area contributed by atoms with E-state index in [1.54, 1.807) is 29.5 Å². The highest BCUT2D eigenvalue weighted by Crippen LogP contribution is 1.96. The Kier molecular flexibility index (Phi) is 2.22. The number of rotatable bonds is 2. The van der Waals surface area contributed by atoms with Crippen LogP contribution in [0.4, 0.5) is 0 Å². The zero-order chi connectivity index (χ0) is 8.27. The summed E-state index contributed by atoms with van der Waals surface area (Å²) in [7, 11) is 1.74. The Morgan fingerprint density at radius 2 is 2.64 bits per heavy atom. The van der Waals surface area contributed by atoms with Crippen LogP contribution in [0.5, 0.6) is 0 Å². The fraction of sp³-hybridized carbons (Fsp3) is 0.333. The molecule has 0 atom stereocenters. The van der Waals surface area contributed by atoms with Gasteiger partial charge in [0.1, 0.15) is 0 Å². The van der Waals surface area contributed by atoms with E-state index in [4.69, 9.17) is 5.21 Å². The summed E-state index contributed by atoms with van der Waals surface area (Å²) >= 11 is 0. The molecule has 0 aliphatic rings. The van der Waals surface area contributed by atoms with Crippen molar-refractivity contribution >= 4 is 5.91 Å². The molecule has 1 rings (SSSR count). The molecule has 0 spiro atoms. The predicted octanol–water partition coefficient (Wildman–Crippen LogP) is -0.532. The Hall–Kier alpha value is -1.36. The molecule has 60 valence electrons. The Morgan fingerprint density at radius 3 is 3.09 bits per heavy atom. The van der Waals surface area contributed by atoms with Gasteiger partial charge in [-0.3, -0.25) is 14.7 Å². The molecular weight excluding hydrogens is 146 g/mol. The number of hydrogen-bond donors (Lipinski definition) is 2. The second-order valence-electron chi connectivity index (χ2n) is 2.16. The van der Waals surface area contributed by atoms with Gasteiger partial charge in [0.05, 0.1) is 6.42 Å². The number of nitrogens with one attached hydrogen (secondary N) is 1. The summed E-state index contributed by atoms with van der Waals surface area (Å²) in [4.78, 5) is 10.6. The van der Waals surface area contributed by atoms with Crippen LogP contribution in [0.3, 0.4) is 0 Å². The Bertz CT molecular complexity index is 256. The fourth-order valence-electron chi connectivity index (χ4n) is 0.779. The molecule has 0 bridgehead atoms. The lowest BCUT2D eigenvalue weighted by Gasteiger charge is -1.98. The average Bonchev–Trinajstić information content (AvgIpc) is 2.37. The Balaban J connectivity index is 2.64. The molecule has 11 heavy (non-hydrogen) atoms. The minimum atomic E-state index is -0.436. The van der Waals surface area contributed by atoms with E-state index >= 15 is 0 Å². The third-order valence-corrected chi connectivity index (χ3v) is 1.39. The van der Waals surface area contributed by atoms with Crippen molar-refractivity contribution in [2.24, 2.45) is 7.05 Å². The molecule has 1 amide bonds. The fourth-order valence-corrected chi connectivity index (χ4v) is 0.779. The van der Waals surface area contributed by atoms with Gasteiger partial charge in [-0.25, -0.2) is 5.48 Å². The minimum absolute atomic E-state index is 0.146. The smallest absolute Gasteiger partial charge is 0.249 e. The molecule has 0 aliphatic heterocycles. The van der Waals surface area contributed by atoms with E-state index in [-0.39, 0.29) is 6.42 Å². The Morgan fingerprint density at radius 1 is 1.91 bits per heavy atom. The van der Waals surface area contributed by atoms with E-state index in [0.717, 1.165) is 5.69 Å². The molecule has 1 aromatic heterocycles. The lowest BCUT2D eigenvalue weighted by atomic mass is 10.3. The number of nitrogens with zero attached hydrogens (tertiary/aromatic N) is 2. The summed E-state index contributed by atoms with van der Waals surface area (Å²) in [6.45, 7) is 0. The van der Waals surface area contributed by atoms with Gasteiger partial charge in [-0.05, 0) is 6.07 Å². The van der Waals surface area contributed by atoms with Gasteiger partial charge in [0.2, 0.25) is 5.91 Å². The largest absolute Gasteiger partial charge is 0.289 e. The maximum Gasteiger partial charge on any atom is 0.249 e. The molecule has 5 heteroatoms. The van der Waals surface area contributed by atoms with Crippen LogP contribution in [0, 0.1) is 0 Å². The maximum atomic E-state index is 10.6. The van der Waals surface area contributed by atoms with Crippen LogP contribution in [-0.2, 0) is 18.3 Å². The van der Waals surface area contributed by atoms with Gasteiger partial charge in [-0.1, -0.05) is 0 Å². The van der Waals surface area contributed by atoms with E-state index in [9.17, 15) is 4.79 Å². The minimum Gasteiger partial charge on any atom is -0.289 e. The molecule has 2 N–H and O–H groups in total. The second kappa shape index (κ2) is 3.16. The van der Waals surface area contributed by atoms with Gasteiger partial charge in [0.15, 0.2) is 0 Å². The molecule has 1 heterocycles. The van der Waals surface area contributed by atoms with Gasteiger partial charge in [-0.15, -0.1) is 0 Å². The van der Waals surface area contributed by atoms with Crippen LogP contribution in [0.25, 0.3) is 0 Å². The van der Waals surface area contributed by atoms with E-state index < -0.39 is 5.91 Å². The number of aromatic nitrogens is 2. The third-order valence-electron chi connectivity index (χ3n) is 1.39. The van der Waals surface area contributed by atoms with Gasteiger partial charge < -0.3 is 0 Å². The number of carbonyl (C=O) groups is 1. The molecule has 5 nitrogen and oxygen atoms in total. The molecule has 0 aromatic carbocycles. The van der Waals surface area contributed by atoms with E-state index in [1.807, 2.05) is 0 Å².